The third kappa shape index (κ3) is 4.83. The number of nitrogens with zero attached hydrogens (tertiary/aromatic N) is 2. The van der Waals surface area contributed by atoms with E-state index < -0.39 is 0 Å². The first-order valence-electron chi connectivity index (χ1n) is 7.71. The Kier molecular flexibility index (Phi) is 7.07. The van der Waals surface area contributed by atoms with Crippen molar-refractivity contribution >= 4 is 0 Å². The van der Waals surface area contributed by atoms with E-state index in [1.807, 2.05) is 0 Å². The van der Waals surface area contributed by atoms with E-state index in [0.717, 1.165) is 0 Å². The van der Waals surface area contributed by atoms with E-state index in [1.165, 1.54) is 57.3 Å². The second-order valence-electron chi connectivity index (χ2n) is 5.74. The summed E-state index contributed by atoms with van der Waals surface area (Å²) in [6.45, 7) is 8.01. The summed E-state index contributed by atoms with van der Waals surface area (Å²) in [6.07, 6.45) is 14.1. The van der Waals surface area contributed by atoms with Crippen LogP contribution >= 0.6 is 0 Å². The van der Waals surface area contributed by atoms with Crippen molar-refractivity contribution in [1.82, 2.24) is 4.57 Å². The van der Waals surface area contributed by atoms with E-state index >= 15 is 0 Å². The average molecular weight is 251 g/mol. The summed E-state index contributed by atoms with van der Waals surface area (Å²) in [5, 5.41) is 0. The van der Waals surface area contributed by atoms with Crippen LogP contribution in [0, 0.1) is 0 Å². The molecular formula is C16H31N2+. The van der Waals surface area contributed by atoms with Crippen LogP contribution in [-0.4, -0.2) is 4.57 Å². The van der Waals surface area contributed by atoms with Gasteiger partial charge in [0.2, 0.25) is 0 Å². The first kappa shape index (κ1) is 15.3. The second-order valence-corrected chi connectivity index (χ2v) is 5.74. The lowest BCUT2D eigenvalue weighted by molar-refractivity contribution is -0.705. The molecule has 0 saturated heterocycles. The van der Waals surface area contributed by atoms with Gasteiger partial charge in [-0.15, -0.1) is 0 Å². The van der Waals surface area contributed by atoms with Gasteiger partial charge in [0.25, 0.3) is 5.82 Å². The molecular weight excluding hydrogens is 220 g/mol. The van der Waals surface area contributed by atoms with E-state index in [9.17, 15) is 0 Å². The minimum atomic E-state index is 0.606. The molecule has 0 spiro atoms. The maximum absolute atomic E-state index is 2.43. The zero-order valence-corrected chi connectivity index (χ0v) is 12.8. The highest BCUT2D eigenvalue weighted by Crippen LogP contribution is 2.10. The number of aryl methyl sites for hydroxylation is 2. The van der Waals surface area contributed by atoms with Crippen molar-refractivity contribution in [2.75, 3.05) is 0 Å². The molecule has 2 heteroatoms. The van der Waals surface area contributed by atoms with E-state index in [1.54, 1.807) is 0 Å². The molecule has 18 heavy (non-hydrogen) atoms. The van der Waals surface area contributed by atoms with Gasteiger partial charge in [0.1, 0.15) is 12.4 Å². The smallest absolute Gasteiger partial charge is 0.237 e. The van der Waals surface area contributed by atoms with Gasteiger partial charge < -0.3 is 0 Å². The number of rotatable bonds is 9. The van der Waals surface area contributed by atoms with Gasteiger partial charge in [-0.3, -0.25) is 0 Å². The Labute approximate surface area is 113 Å². The van der Waals surface area contributed by atoms with E-state index in [0.29, 0.717) is 5.92 Å². The predicted octanol–water partition coefficient (Wildman–Crippen LogP) is 4.19. The summed E-state index contributed by atoms with van der Waals surface area (Å²) in [4.78, 5) is 0. The summed E-state index contributed by atoms with van der Waals surface area (Å²) in [7, 11) is 2.15. The van der Waals surface area contributed by atoms with Crippen LogP contribution in [0.25, 0.3) is 0 Å². The minimum absolute atomic E-state index is 0.606. The van der Waals surface area contributed by atoms with Gasteiger partial charge in [0.05, 0.1) is 19.5 Å². The van der Waals surface area contributed by atoms with Crippen LogP contribution in [0.15, 0.2) is 12.4 Å². The van der Waals surface area contributed by atoms with Crippen LogP contribution in [-0.2, 0) is 13.6 Å². The second kappa shape index (κ2) is 8.34. The van der Waals surface area contributed by atoms with Gasteiger partial charge in [-0.25, -0.2) is 9.13 Å². The van der Waals surface area contributed by atoms with Crippen molar-refractivity contribution < 1.29 is 4.57 Å². The van der Waals surface area contributed by atoms with Crippen LogP contribution in [0.4, 0.5) is 0 Å². The molecule has 0 amide bonds. The van der Waals surface area contributed by atoms with Crippen molar-refractivity contribution in [1.29, 1.82) is 0 Å². The van der Waals surface area contributed by atoms with Crippen LogP contribution in [0.2, 0.25) is 0 Å². The van der Waals surface area contributed by atoms with Crippen LogP contribution < -0.4 is 4.57 Å². The van der Waals surface area contributed by atoms with Crippen molar-refractivity contribution in [3.63, 3.8) is 0 Å². The number of unbranched alkanes of at least 4 members (excludes halogenated alkanes) is 6. The Morgan fingerprint density at radius 1 is 1.06 bits per heavy atom. The molecule has 0 bridgehead atoms. The molecule has 0 unspecified atom stereocenters. The molecule has 0 aliphatic carbocycles. The standard InChI is InChI=1S/C16H31N2/c1-5-6-7-8-9-10-11-12-18-14-13-17(4)16(18)15(2)3/h13-15H,5-12H2,1-4H3/q+1. The molecule has 1 aromatic heterocycles. The Balaban J connectivity index is 2.23. The molecule has 0 fully saturated rings. The molecule has 1 rings (SSSR count). The minimum Gasteiger partial charge on any atom is -0.237 e. The quantitative estimate of drug-likeness (QED) is 0.460. The zero-order chi connectivity index (χ0) is 13.4. The van der Waals surface area contributed by atoms with Crippen LogP contribution in [0.1, 0.15) is 77.5 Å². The van der Waals surface area contributed by atoms with Gasteiger partial charge in [0, 0.05) is 0 Å². The third-order valence-corrected chi connectivity index (χ3v) is 3.64. The molecule has 0 aliphatic rings. The molecule has 0 aliphatic heterocycles. The molecule has 0 atom stereocenters. The normalized spacial score (nSPS) is 11.4. The Hall–Kier alpha value is -0.790. The summed E-state index contributed by atoms with van der Waals surface area (Å²) >= 11 is 0. The summed E-state index contributed by atoms with van der Waals surface area (Å²) in [6, 6.07) is 0. The molecule has 0 aromatic carbocycles. The fourth-order valence-corrected chi connectivity index (χ4v) is 2.70. The molecule has 2 nitrogen and oxygen atoms in total. The predicted molar refractivity (Wildman–Crippen MR) is 77.7 cm³/mol. The molecule has 0 radical (unpaired) electrons. The fraction of sp³-hybridized carbons (Fsp3) is 0.812. The molecule has 0 saturated carbocycles. The highest BCUT2D eigenvalue weighted by atomic mass is 15.1. The Morgan fingerprint density at radius 3 is 2.28 bits per heavy atom. The van der Waals surface area contributed by atoms with Gasteiger partial charge in [0.15, 0.2) is 0 Å². The van der Waals surface area contributed by atoms with Crippen LogP contribution in [0.5, 0.6) is 0 Å². The van der Waals surface area contributed by atoms with Crippen molar-refractivity contribution in [3.05, 3.63) is 18.2 Å². The van der Waals surface area contributed by atoms with Crippen LogP contribution in [0.3, 0.4) is 0 Å². The average Bonchev–Trinajstić information content (AvgIpc) is 2.69. The fourth-order valence-electron chi connectivity index (χ4n) is 2.70. The van der Waals surface area contributed by atoms with Crippen molar-refractivity contribution in [2.24, 2.45) is 7.05 Å². The van der Waals surface area contributed by atoms with E-state index in [-0.39, 0.29) is 0 Å². The zero-order valence-electron chi connectivity index (χ0n) is 12.8. The largest absolute Gasteiger partial charge is 0.258 e. The van der Waals surface area contributed by atoms with E-state index in [4.69, 9.17) is 0 Å². The van der Waals surface area contributed by atoms with Crippen molar-refractivity contribution in [3.8, 4) is 0 Å². The summed E-state index contributed by atoms with van der Waals surface area (Å²) in [5.74, 6) is 2.05. The summed E-state index contributed by atoms with van der Waals surface area (Å²) in [5.41, 5.74) is 0. The lowest BCUT2D eigenvalue weighted by Crippen LogP contribution is -2.37. The molecule has 1 aromatic rings. The molecule has 1 heterocycles. The number of aromatic nitrogens is 2. The highest BCUT2D eigenvalue weighted by molar-refractivity contribution is 4.88. The van der Waals surface area contributed by atoms with Gasteiger partial charge in [-0.05, 0) is 12.8 Å². The third-order valence-electron chi connectivity index (χ3n) is 3.64. The number of hydrogen-bond acceptors (Lipinski definition) is 0. The van der Waals surface area contributed by atoms with Crippen molar-refractivity contribution in [2.45, 2.75) is 78.2 Å². The lowest BCUT2D eigenvalue weighted by atomic mass is 10.1. The van der Waals surface area contributed by atoms with Gasteiger partial charge in [-0.2, -0.15) is 0 Å². The molecule has 0 N–H and O–H groups in total. The van der Waals surface area contributed by atoms with Gasteiger partial charge in [-0.1, -0.05) is 52.9 Å². The first-order chi connectivity index (χ1) is 8.66. The Morgan fingerprint density at radius 2 is 1.67 bits per heavy atom. The first-order valence-corrected chi connectivity index (χ1v) is 7.71. The Bertz CT molecular complexity index is 326. The molecule has 104 valence electrons. The maximum Gasteiger partial charge on any atom is 0.258 e. The monoisotopic (exact) mass is 251 g/mol. The topological polar surface area (TPSA) is 8.81 Å². The number of hydrogen-bond donors (Lipinski definition) is 0. The lowest BCUT2D eigenvalue weighted by Gasteiger charge is -2.05. The number of imidazole rings is 1. The maximum atomic E-state index is 2.43. The van der Waals surface area contributed by atoms with E-state index in [2.05, 4.69) is 49.3 Å². The SMILES string of the molecule is CCCCCCCCC[n+]1ccn(C)c1C(C)C. The van der Waals surface area contributed by atoms with Gasteiger partial charge >= 0.3 is 0 Å². The summed E-state index contributed by atoms with van der Waals surface area (Å²) < 4.78 is 4.68. The highest BCUT2D eigenvalue weighted by Gasteiger charge is 2.17.